The van der Waals surface area contributed by atoms with Gasteiger partial charge in [0.15, 0.2) is 5.75 Å². The molecule has 0 saturated heterocycles. The summed E-state index contributed by atoms with van der Waals surface area (Å²) in [6.07, 6.45) is 3.71. The number of carbonyl (C=O) groups is 1. The number of ether oxygens (including phenoxy) is 4. The third-order valence-electron chi connectivity index (χ3n) is 4.47. The van der Waals surface area contributed by atoms with Gasteiger partial charge in [0.05, 0.1) is 37.1 Å². The second-order valence-corrected chi connectivity index (χ2v) is 7.49. The van der Waals surface area contributed by atoms with Gasteiger partial charge in [0.1, 0.15) is 17.9 Å². The summed E-state index contributed by atoms with van der Waals surface area (Å²) < 4.78 is 21.5. The molecule has 2 aromatic rings. The highest BCUT2D eigenvalue weighted by atomic mass is 35.5. The van der Waals surface area contributed by atoms with Crippen LogP contribution in [-0.2, 0) is 20.9 Å². The summed E-state index contributed by atoms with van der Waals surface area (Å²) in [4.78, 5) is 12.1. The van der Waals surface area contributed by atoms with Gasteiger partial charge in [-0.3, -0.25) is 0 Å². The van der Waals surface area contributed by atoms with Gasteiger partial charge < -0.3 is 18.9 Å². The summed E-state index contributed by atoms with van der Waals surface area (Å²) in [7, 11) is 2.79. The fourth-order valence-electron chi connectivity index (χ4n) is 2.76. The second-order valence-electron chi connectivity index (χ2n) is 6.68. The molecule has 29 heavy (non-hydrogen) atoms. The van der Waals surface area contributed by atoms with Crippen molar-refractivity contribution in [3.8, 4) is 11.5 Å². The molecule has 1 aliphatic carbocycles. The summed E-state index contributed by atoms with van der Waals surface area (Å²) in [6.45, 7) is 0.818. The van der Waals surface area contributed by atoms with Gasteiger partial charge >= 0.3 is 5.97 Å². The zero-order valence-corrected chi connectivity index (χ0v) is 17.8. The summed E-state index contributed by atoms with van der Waals surface area (Å²) in [5.74, 6) is 1.08. The zero-order valence-electron chi connectivity index (χ0n) is 16.2. The lowest BCUT2D eigenvalue weighted by atomic mass is 10.0. The van der Waals surface area contributed by atoms with Crippen LogP contribution >= 0.6 is 23.2 Å². The van der Waals surface area contributed by atoms with E-state index in [4.69, 9.17) is 42.1 Å². The van der Waals surface area contributed by atoms with Crippen LogP contribution in [0.2, 0.25) is 10.0 Å². The highest BCUT2D eigenvalue weighted by Gasteiger charge is 2.23. The minimum absolute atomic E-state index is 0.198. The molecule has 0 heterocycles. The van der Waals surface area contributed by atoms with Gasteiger partial charge in [0.2, 0.25) is 0 Å². The minimum atomic E-state index is -0.498. The molecule has 0 radical (unpaired) electrons. The van der Waals surface area contributed by atoms with Gasteiger partial charge in [-0.15, -0.1) is 0 Å². The van der Waals surface area contributed by atoms with Gasteiger partial charge in [-0.25, -0.2) is 4.79 Å². The maximum absolute atomic E-state index is 12.1. The summed E-state index contributed by atoms with van der Waals surface area (Å²) >= 11 is 12.7. The van der Waals surface area contributed by atoms with E-state index in [0.717, 1.165) is 5.56 Å². The van der Waals surface area contributed by atoms with Crippen molar-refractivity contribution in [1.82, 2.24) is 0 Å². The van der Waals surface area contributed by atoms with Crippen molar-refractivity contribution in [3.05, 3.63) is 63.8 Å². The van der Waals surface area contributed by atoms with Gasteiger partial charge in [0, 0.05) is 12.1 Å². The number of rotatable bonds is 9. The van der Waals surface area contributed by atoms with E-state index in [2.05, 4.69) is 0 Å². The molecule has 0 aromatic heterocycles. The average molecular weight is 437 g/mol. The quantitative estimate of drug-likeness (QED) is 0.294. The van der Waals surface area contributed by atoms with Crippen molar-refractivity contribution in [2.24, 2.45) is 5.92 Å². The highest BCUT2D eigenvalue weighted by Crippen LogP contribution is 2.39. The molecule has 0 bridgehead atoms. The third kappa shape index (κ3) is 5.58. The van der Waals surface area contributed by atoms with Crippen LogP contribution in [-0.4, -0.2) is 26.8 Å². The number of methoxy groups -OCH3 is 2. The molecule has 0 N–H and O–H groups in total. The largest absolute Gasteiger partial charge is 0.503 e. The van der Waals surface area contributed by atoms with Gasteiger partial charge in [-0.1, -0.05) is 47.5 Å². The Balaban J connectivity index is 1.76. The van der Waals surface area contributed by atoms with Crippen molar-refractivity contribution >= 4 is 34.7 Å². The summed E-state index contributed by atoms with van der Waals surface area (Å²) in [5.41, 5.74) is 1.74. The standard InChI is InChI=1S/C22H22Cl2O5/c1-26-13-18(22(25)27-2)17-6-4-3-5-15(17)12-28-16-9-19(23)21(20(24)10-16)29-11-14-7-8-14/h3-6,9-10,13-14H,7-8,11-12H2,1-2H3/b18-13+. The summed E-state index contributed by atoms with van der Waals surface area (Å²) in [5, 5.41) is 0.798. The van der Waals surface area contributed by atoms with E-state index in [1.165, 1.54) is 33.3 Å². The molecule has 3 rings (SSSR count). The molecule has 1 saturated carbocycles. The molecule has 2 aromatic carbocycles. The lowest BCUT2D eigenvalue weighted by Crippen LogP contribution is -2.08. The Bertz CT molecular complexity index is 883. The molecule has 0 spiro atoms. The fourth-order valence-corrected chi connectivity index (χ4v) is 3.34. The molecule has 1 aliphatic rings. The zero-order chi connectivity index (χ0) is 20.8. The van der Waals surface area contributed by atoms with Crippen molar-refractivity contribution < 1.29 is 23.7 Å². The monoisotopic (exact) mass is 436 g/mol. The van der Waals surface area contributed by atoms with E-state index in [9.17, 15) is 4.79 Å². The molecular weight excluding hydrogens is 415 g/mol. The first-order chi connectivity index (χ1) is 14.0. The number of halogens is 2. The molecule has 5 nitrogen and oxygen atoms in total. The minimum Gasteiger partial charge on any atom is -0.503 e. The van der Waals surface area contributed by atoms with E-state index in [1.807, 2.05) is 18.2 Å². The molecule has 7 heteroatoms. The predicted octanol–water partition coefficient (Wildman–Crippen LogP) is 5.52. The maximum atomic E-state index is 12.1. The smallest absolute Gasteiger partial charge is 0.341 e. The van der Waals surface area contributed by atoms with E-state index >= 15 is 0 Å². The van der Waals surface area contributed by atoms with Crippen LogP contribution in [0.25, 0.3) is 5.57 Å². The molecule has 1 fully saturated rings. The van der Waals surface area contributed by atoms with E-state index in [0.29, 0.717) is 45.2 Å². The number of carbonyl (C=O) groups excluding carboxylic acids is 1. The van der Waals surface area contributed by atoms with Gasteiger partial charge in [-0.2, -0.15) is 0 Å². The molecule has 0 aliphatic heterocycles. The van der Waals surface area contributed by atoms with Crippen LogP contribution in [0.15, 0.2) is 42.7 Å². The fraction of sp³-hybridized carbons (Fsp3) is 0.318. The normalized spacial score (nSPS) is 13.7. The first-order valence-electron chi connectivity index (χ1n) is 9.17. The van der Waals surface area contributed by atoms with Crippen molar-refractivity contribution in [1.29, 1.82) is 0 Å². The van der Waals surface area contributed by atoms with Crippen LogP contribution in [0, 0.1) is 5.92 Å². The number of esters is 1. The molecule has 0 unspecified atom stereocenters. The topological polar surface area (TPSA) is 54.0 Å². The number of hydrogen-bond donors (Lipinski definition) is 0. The van der Waals surface area contributed by atoms with Gasteiger partial charge in [0.25, 0.3) is 0 Å². The Labute approximate surface area is 180 Å². The lowest BCUT2D eigenvalue weighted by Gasteiger charge is -2.14. The second kappa shape index (κ2) is 9.90. The SMILES string of the molecule is CO/C=C(/C(=O)OC)c1ccccc1COc1cc(Cl)c(OCC2CC2)c(Cl)c1. The number of hydrogen-bond acceptors (Lipinski definition) is 5. The van der Waals surface area contributed by atoms with Gasteiger partial charge in [-0.05, 0) is 29.9 Å². The Morgan fingerprint density at radius 3 is 2.41 bits per heavy atom. The molecular formula is C22H22Cl2O5. The molecule has 154 valence electrons. The molecule has 0 amide bonds. The van der Waals surface area contributed by atoms with E-state index in [-0.39, 0.29) is 6.61 Å². The lowest BCUT2D eigenvalue weighted by molar-refractivity contribution is -0.133. The Morgan fingerprint density at radius 1 is 1.10 bits per heavy atom. The summed E-state index contributed by atoms with van der Waals surface area (Å²) in [6, 6.07) is 10.7. The Morgan fingerprint density at radius 2 is 1.79 bits per heavy atom. The van der Waals surface area contributed by atoms with Crippen LogP contribution in [0.5, 0.6) is 11.5 Å². The maximum Gasteiger partial charge on any atom is 0.341 e. The van der Waals surface area contributed by atoms with Crippen LogP contribution < -0.4 is 9.47 Å². The predicted molar refractivity (Wildman–Crippen MR) is 112 cm³/mol. The first-order valence-corrected chi connectivity index (χ1v) is 9.93. The van der Waals surface area contributed by atoms with Crippen LogP contribution in [0.3, 0.4) is 0 Å². The van der Waals surface area contributed by atoms with E-state index < -0.39 is 5.97 Å². The highest BCUT2D eigenvalue weighted by molar-refractivity contribution is 6.37. The van der Waals surface area contributed by atoms with E-state index in [1.54, 1.807) is 18.2 Å². The van der Waals surface area contributed by atoms with Crippen molar-refractivity contribution in [2.45, 2.75) is 19.4 Å². The average Bonchev–Trinajstić information content (AvgIpc) is 3.54. The van der Waals surface area contributed by atoms with Crippen molar-refractivity contribution in [3.63, 3.8) is 0 Å². The number of benzene rings is 2. The Kier molecular flexibility index (Phi) is 7.29. The first kappa shape index (κ1) is 21.3. The van der Waals surface area contributed by atoms with Crippen LogP contribution in [0.1, 0.15) is 24.0 Å². The van der Waals surface area contributed by atoms with Crippen molar-refractivity contribution in [2.75, 3.05) is 20.8 Å². The molecule has 0 atom stereocenters. The Hall–Kier alpha value is -2.37. The third-order valence-corrected chi connectivity index (χ3v) is 5.04. The van der Waals surface area contributed by atoms with Crippen LogP contribution in [0.4, 0.5) is 0 Å².